The van der Waals surface area contributed by atoms with Crippen LogP contribution in [0.1, 0.15) is 72.1 Å². The SMILES string of the molecule is CN(CCCNC1CCC2CCCCC2C1)C(=O)OC(C)(C)C. The van der Waals surface area contributed by atoms with Crippen LogP contribution in [0.4, 0.5) is 4.79 Å². The minimum atomic E-state index is -0.414. The lowest BCUT2D eigenvalue weighted by molar-refractivity contribution is 0.0296. The van der Waals surface area contributed by atoms with Crippen molar-refractivity contribution in [3.63, 3.8) is 0 Å². The number of ether oxygens (including phenoxy) is 1. The van der Waals surface area contributed by atoms with E-state index >= 15 is 0 Å². The molecule has 4 heteroatoms. The zero-order valence-corrected chi connectivity index (χ0v) is 15.6. The van der Waals surface area contributed by atoms with Gasteiger partial charge in [0.1, 0.15) is 5.60 Å². The third-order valence-corrected chi connectivity index (χ3v) is 5.35. The summed E-state index contributed by atoms with van der Waals surface area (Å²) in [5, 5.41) is 3.72. The number of fused-ring (bicyclic) bond motifs is 1. The molecule has 0 spiro atoms. The predicted octanol–water partition coefficient (Wildman–Crippen LogP) is 4.19. The second-order valence-electron chi connectivity index (χ2n) is 8.52. The highest BCUT2D eigenvalue weighted by atomic mass is 16.6. The van der Waals surface area contributed by atoms with Crippen molar-refractivity contribution in [3.05, 3.63) is 0 Å². The molecule has 1 amide bonds. The van der Waals surface area contributed by atoms with E-state index in [4.69, 9.17) is 4.74 Å². The summed E-state index contributed by atoms with van der Waals surface area (Å²) in [6.07, 6.45) is 10.7. The van der Waals surface area contributed by atoms with Crippen LogP contribution in [0.3, 0.4) is 0 Å². The van der Waals surface area contributed by atoms with Crippen LogP contribution >= 0.6 is 0 Å². The summed E-state index contributed by atoms with van der Waals surface area (Å²) in [4.78, 5) is 13.6. The van der Waals surface area contributed by atoms with Gasteiger partial charge in [-0.3, -0.25) is 0 Å². The second kappa shape index (κ2) is 8.36. The number of nitrogens with zero attached hydrogens (tertiary/aromatic N) is 1. The molecule has 0 radical (unpaired) electrons. The van der Waals surface area contributed by atoms with Crippen molar-refractivity contribution in [2.75, 3.05) is 20.1 Å². The second-order valence-corrected chi connectivity index (χ2v) is 8.52. The topological polar surface area (TPSA) is 41.6 Å². The van der Waals surface area contributed by atoms with E-state index < -0.39 is 5.60 Å². The molecule has 0 saturated heterocycles. The number of hydrogen-bond donors (Lipinski definition) is 1. The van der Waals surface area contributed by atoms with Crippen molar-refractivity contribution in [1.29, 1.82) is 0 Å². The van der Waals surface area contributed by atoms with E-state index in [0.717, 1.165) is 31.3 Å². The van der Waals surface area contributed by atoms with Crippen LogP contribution in [0, 0.1) is 11.8 Å². The molecule has 23 heavy (non-hydrogen) atoms. The standard InChI is InChI=1S/C19H36N2O2/c1-19(2,3)23-18(22)21(4)13-7-12-20-17-11-10-15-8-5-6-9-16(15)14-17/h15-17,20H,5-14H2,1-4H3. The third kappa shape index (κ3) is 6.33. The first-order valence-electron chi connectivity index (χ1n) is 9.52. The summed E-state index contributed by atoms with van der Waals surface area (Å²) in [5.74, 6) is 1.99. The molecule has 2 rings (SSSR count). The van der Waals surface area contributed by atoms with Gasteiger partial charge in [0.25, 0.3) is 0 Å². The Labute approximate surface area is 142 Å². The molecule has 2 aliphatic carbocycles. The lowest BCUT2D eigenvalue weighted by Gasteiger charge is -2.39. The fourth-order valence-corrected chi connectivity index (χ4v) is 4.11. The van der Waals surface area contributed by atoms with Gasteiger partial charge in [0.2, 0.25) is 0 Å². The van der Waals surface area contributed by atoms with Gasteiger partial charge in [0, 0.05) is 19.6 Å². The molecular formula is C19H36N2O2. The fraction of sp³-hybridized carbons (Fsp3) is 0.947. The Morgan fingerprint density at radius 3 is 2.52 bits per heavy atom. The minimum absolute atomic E-state index is 0.222. The maximum absolute atomic E-state index is 11.9. The van der Waals surface area contributed by atoms with E-state index in [1.165, 1.54) is 44.9 Å². The van der Waals surface area contributed by atoms with Gasteiger partial charge >= 0.3 is 6.09 Å². The zero-order valence-electron chi connectivity index (χ0n) is 15.6. The van der Waals surface area contributed by atoms with E-state index in [9.17, 15) is 4.79 Å². The van der Waals surface area contributed by atoms with Gasteiger partial charge in [-0.05, 0) is 64.8 Å². The number of carbonyl (C=O) groups excluding carboxylic acids is 1. The molecule has 3 unspecified atom stereocenters. The molecule has 2 fully saturated rings. The smallest absolute Gasteiger partial charge is 0.410 e. The molecule has 2 saturated carbocycles. The lowest BCUT2D eigenvalue weighted by Crippen LogP contribution is -2.40. The molecule has 0 bridgehead atoms. The zero-order chi connectivity index (χ0) is 16.9. The van der Waals surface area contributed by atoms with Crippen LogP contribution < -0.4 is 5.32 Å². The molecule has 2 aliphatic rings. The van der Waals surface area contributed by atoms with Crippen LogP contribution in [-0.2, 0) is 4.74 Å². The third-order valence-electron chi connectivity index (χ3n) is 5.35. The average Bonchev–Trinajstić information content (AvgIpc) is 2.49. The summed E-state index contributed by atoms with van der Waals surface area (Å²) in [7, 11) is 1.82. The van der Waals surface area contributed by atoms with E-state index in [-0.39, 0.29) is 6.09 Å². The minimum Gasteiger partial charge on any atom is -0.444 e. The molecule has 0 aromatic heterocycles. The molecule has 134 valence electrons. The normalized spacial score (nSPS) is 28.1. The number of amides is 1. The number of carbonyl (C=O) groups is 1. The van der Waals surface area contributed by atoms with Gasteiger partial charge < -0.3 is 15.0 Å². The first kappa shape index (κ1) is 18.6. The number of hydrogen-bond acceptors (Lipinski definition) is 3. The predicted molar refractivity (Wildman–Crippen MR) is 94.6 cm³/mol. The van der Waals surface area contributed by atoms with Gasteiger partial charge in [-0.1, -0.05) is 25.7 Å². The van der Waals surface area contributed by atoms with Crippen molar-refractivity contribution in [1.82, 2.24) is 10.2 Å². The number of nitrogens with one attached hydrogen (secondary N) is 1. The monoisotopic (exact) mass is 324 g/mol. The maximum atomic E-state index is 11.9. The van der Waals surface area contributed by atoms with E-state index in [0.29, 0.717) is 6.04 Å². The Balaban J connectivity index is 1.59. The fourth-order valence-electron chi connectivity index (χ4n) is 4.11. The van der Waals surface area contributed by atoms with Crippen LogP contribution in [0.15, 0.2) is 0 Å². The Hall–Kier alpha value is -0.770. The van der Waals surface area contributed by atoms with Gasteiger partial charge in [-0.2, -0.15) is 0 Å². The van der Waals surface area contributed by atoms with E-state index in [2.05, 4.69) is 5.32 Å². The van der Waals surface area contributed by atoms with Gasteiger partial charge in [0.15, 0.2) is 0 Å². The van der Waals surface area contributed by atoms with Crippen LogP contribution in [0.2, 0.25) is 0 Å². The molecule has 0 heterocycles. The summed E-state index contributed by atoms with van der Waals surface area (Å²) >= 11 is 0. The van der Waals surface area contributed by atoms with Gasteiger partial charge in [-0.15, -0.1) is 0 Å². The highest BCUT2D eigenvalue weighted by Gasteiger charge is 2.31. The molecule has 0 aliphatic heterocycles. The van der Waals surface area contributed by atoms with Gasteiger partial charge in [0.05, 0.1) is 0 Å². The summed E-state index contributed by atoms with van der Waals surface area (Å²) < 4.78 is 5.37. The van der Waals surface area contributed by atoms with Crippen LogP contribution in [0.25, 0.3) is 0 Å². The quantitative estimate of drug-likeness (QED) is 0.771. The van der Waals surface area contributed by atoms with Crippen molar-refractivity contribution in [2.45, 2.75) is 83.8 Å². The maximum Gasteiger partial charge on any atom is 0.410 e. The van der Waals surface area contributed by atoms with Gasteiger partial charge in [-0.25, -0.2) is 4.79 Å². The Bertz CT molecular complexity index is 378. The molecule has 0 aromatic rings. The Morgan fingerprint density at radius 1 is 1.13 bits per heavy atom. The molecule has 0 aromatic carbocycles. The summed E-state index contributed by atoms with van der Waals surface area (Å²) in [6.45, 7) is 7.46. The largest absolute Gasteiger partial charge is 0.444 e. The molecular weight excluding hydrogens is 288 g/mol. The molecule has 3 atom stereocenters. The first-order valence-corrected chi connectivity index (χ1v) is 9.52. The highest BCUT2D eigenvalue weighted by molar-refractivity contribution is 5.67. The van der Waals surface area contributed by atoms with Crippen molar-refractivity contribution < 1.29 is 9.53 Å². The summed E-state index contributed by atoms with van der Waals surface area (Å²) in [6, 6.07) is 0.696. The van der Waals surface area contributed by atoms with E-state index in [1.807, 2.05) is 27.8 Å². The van der Waals surface area contributed by atoms with Crippen LogP contribution in [-0.4, -0.2) is 42.8 Å². The molecule has 1 N–H and O–H groups in total. The van der Waals surface area contributed by atoms with Crippen molar-refractivity contribution in [3.8, 4) is 0 Å². The summed E-state index contributed by atoms with van der Waals surface area (Å²) in [5.41, 5.74) is -0.414. The Morgan fingerprint density at radius 2 is 1.83 bits per heavy atom. The Kier molecular flexibility index (Phi) is 6.75. The van der Waals surface area contributed by atoms with Crippen molar-refractivity contribution >= 4 is 6.09 Å². The van der Waals surface area contributed by atoms with E-state index in [1.54, 1.807) is 4.90 Å². The van der Waals surface area contributed by atoms with Crippen LogP contribution in [0.5, 0.6) is 0 Å². The molecule has 4 nitrogen and oxygen atoms in total. The average molecular weight is 325 g/mol. The highest BCUT2D eigenvalue weighted by Crippen LogP contribution is 2.40. The first-order chi connectivity index (χ1) is 10.8. The lowest BCUT2D eigenvalue weighted by atomic mass is 9.69. The number of rotatable bonds is 5. The van der Waals surface area contributed by atoms with Crippen molar-refractivity contribution in [2.24, 2.45) is 11.8 Å².